The number of hydrogen-bond acceptors (Lipinski definition) is 4. The van der Waals surface area contributed by atoms with E-state index in [1.165, 1.54) is 24.4 Å². The Morgan fingerprint density at radius 1 is 1.20 bits per heavy atom. The molecule has 0 spiro atoms. The van der Waals surface area contributed by atoms with Crippen LogP contribution in [0.25, 0.3) is 0 Å². The Morgan fingerprint density at radius 2 is 1.95 bits per heavy atom. The van der Waals surface area contributed by atoms with E-state index in [2.05, 4.69) is 26.2 Å². The minimum atomic E-state index is -1.27. The number of aromatic nitrogens is 1. The summed E-state index contributed by atoms with van der Waals surface area (Å²) in [6.07, 6.45) is 1.39. The van der Waals surface area contributed by atoms with Crippen LogP contribution in [0.5, 0.6) is 5.75 Å². The Balaban J connectivity index is 2.21. The van der Waals surface area contributed by atoms with Gasteiger partial charge in [-0.3, -0.25) is 4.79 Å². The molecule has 20 heavy (non-hydrogen) atoms. The highest BCUT2D eigenvalue weighted by Crippen LogP contribution is 2.21. The van der Waals surface area contributed by atoms with Crippen molar-refractivity contribution in [1.29, 1.82) is 0 Å². The molecule has 3 N–H and O–H groups in total. The number of phenols is 1. The predicted octanol–water partition coefficient (Wildman–Crippen LogP) is 2.50. The fourth-order valence-electron chi connectivity index (χ4n) is 1.50. The van der Waals surface area contributed by atoms with Crippen molar-refractivity contribution in [2.75, 3.05) is 5.32 Å². The summed E-state index contributed by atoms with van der Waals surface area (Å²) in [6.45, 7) is 0. The van der Waals surface area contributed by atoms with Gasteiger partial charge in [-0.05, 0) is 46.3 Å². The van der Waals surface area contributed by atoms with Crippen molar-refractivity contribution in [3.8, 4) is 5.75 Å². The first-order valence-corrected chi connectivity index (χ1v) is 6.26. The van der Waals surface area contributed by atoms with Crippen LogP contribution in [0.1, 0.15) is 20.7 Å². The summed E-state index contributed by atoms with van der Waals surface area (Å²) < 4.78 is 0.604. The fourth-order valence-corrected chi connectivity index (χ4v) is 1.73. The topological polar surface area (TPSA) is 99.5 Å². The number of anilines is 1. The summed E-state index contributed by atoms with van der Waals surface area (Å²) in [5.74, 6) is -2.06. The van der Waals surface area contributed by atoms with Crippen LogP contribution in [0.3, 0.4) is 0 Å². The number of carbonyl (C=O) groups is 2. The maximum absolute atomic E-state index is 11.9. The molecule has 0 aliphatic carbocycles. The van der Waals surface area contributed by atoms with Gasteiger partial charge >= 0.3 is 5.97 Å². The van der Waals surface area contributed by atoms with Crippen LogP contribution < -0.4 is 5.32 Å². The second-order valence-electron chi connectivity index (χ2n) is 3.86. The Hall–Kier alpha value is -2.41. The van der Waals surface area contributed by atoms with Crippen molar-refractivity contribution in [2.24, 2.45) is 0 Å². The summed E-state index contributed by atoms with van der Waals surface area (Å²) in [4.78, 5) is 26.7. The third-order valence-corrected chi connectivity index (χ3v) is 2.94. The Bertz CT molecular complexity index is 671. The second kappa shape index (κ2) is 5.70. The van der Waals surface area contributed by atoms with Crippen LogP contribution in [0.2, 0.25) is 0 Å². The minimum Gasteiger partial charge on any atom is -0.507 e. The molecule has 102 valence electrons. The van der Waals surface area contributed by atoms with Gasteiger partial charge in [0.25, 0.3) is 5.91 Å². The highest BCUT2D eigenvalue weighted by atomic mass is 79.9. The first-order chi connectivity index (χ1) is 9.47. The van der Waals surface area contributed by atoms with Gasteiger partial charge in [-0.25, -0.2) is 9.78 Å². The van der Waals surface area contributed by atoms with Gasteiger partial charge in [-0.2, -0.15) is 0 Å². The SMILES string of the molecule is O=C(Nc1ccc(O)c(C(=O)O)c1)c1ccc(Br)nc1. The van der Waals surface area contributed by atoms with E-state index in [4.69, 9.17) is 5.11 Å². The standard InChI is InChI=1S/C13H9BrN2O4/c14-11-4-1-7(6-15-11)12(18)16-8-2-3-10(17)9(5-8)13(19)20/h1-6,17H,(H,16,18)(H,19,20). The maximum atomic E-state index is 11.9. The molecule has 6 nitrogen and oxygen atoms in total. The zero-order valence-corrected chi connectivity index (χ0v) is 11.6. The van der Waals surface area contributed by atoms with E-state index < -0.39 is 11.9 Å². The molecule has 2 aromatic rings. The molecule has 0 atom stereocenters. The number of hydrogen-bond donors (Lipinski definition) is 3. The average molecular weight is 337 g/mol. The summed E-state index contributed by atoms with van der Waals surface area (Å²) >= 11 is 3.16. The van der Waals surface area contributed by atoms with Gasteiger partial charge in [0.05, 0.1) is 5.56 Å². The van der Waals surface area contributed by atoms with Crippen LogP contribution in [0.4, 0.5) is 5.69 Å². The number of rotatable bonds is 3. The van der Waals surface area contributed by atoms with Gasteiger partial charge in [0, 0.05) is 11.9 Å². The largest absolute Gasteiger partial charge is 0.507 e. The Morgan fingerprint density at radius 3 is 2.55 bits per heavy atom. The molecule has 2 rings (SSSR count). The van der Waals surface area contributed by atoms with Crippen molar-refractivity contribution >= 4 is 33.5 Å². The van der Waals surface area contributed by atoms with Crippen molar-refractivity contribution in [2.45, 2.75) is 0 Å². The number of aromatic hydroxyl groups is 1. The third kappa shape index (κ3) is 3.12. The number of benzene rings is 1. The number of pyridine rings is 1. The molecule has 0 saturated heterocycles. The molecule has 0 saturated carbocycles. The lowest BCUT2D eigenvalue weighted by molar-refractivity contribution is 0.0693. The second-order valence-corrected chi connectivity index (χ2v) is 4.67. The van der Waals surface area contributed by atoms with E-state index in [0.717, 1.165) is 0 Å². The molecule has 0 unspecified atom stereocenters. The highest BCUT2D eigenvalue weighted by Gasteiger charge is 2.12. The number of nitrogens with one attached hydrogen (secondary N) is 1. The molecule has 0 fully saturated rings. The molecule has 1 aromatic heterocycles. The lowest BCUT2D eigenvalue weighted by atomic mass is 10.1. The normalized spacial score (nSPS) is 10.1. The molecule has 0 aliphatic heterocycles. The van der Waals surface area contributed by atoms with Crippen molar-refractivity contribution in [1.82, 2.24) is 4.98 Å². The van der Waals surface area contributed by atoms with Gasteiger partial charge < -0.3 is 15.5 Å². The lowest BCUT2D eigenvalue weighted by Crippen LogP contribution is -2.12. The van der Waals surface area contributed by atoms with Crippen molar-refractivity contribution < 1.29 is 19.8 Å². The zero-order chi connectivity index (χ0) is 14.7. The molecular weight excluding hydrogens is 328 g/mol. The molecule has 1 amide bonds. The first-order valence-electron chi connectivity index (χ1n) is 5.46. The number of carboxylic acids is 1. The van der Waals surface area contributed by atoms with E-state index in [-0.39, 0.29) is 17.0 Å². The monoisotopic (exact) mass is 336 g/mol. The lowest BCUT2D eigenvalue weighted by Gasteiger charge is -2.07. The van der Waals surface area contributed by atoms with Crippen LogP contribution >= 0.6 is 15.9 Å². The summed E-state index contributed by atoms with van der Waals surface area (Å²) in [5, 5.41) is 20.8. The first kappa shape index (κ1) is 14.0. The maximum Gasteiger partial charge on any atom is 0.339 e. The molecule has 0 bridgehead atoms. The number of nitrogens with zero attached hydrogens (tertiary/aromatic N) is 1. The highest BCUT2D eigenvalue weighted by molar-refractivity contribution is 9.10. The summed E-state index contributed by atoms with van der Waals surface area (Å²) in [6, 6.07) is 6.99. The van der Waals surface area contributed by atoms with E-state index in [9.17, 15) is 14.7 Å². The van der Waals surface area contributed by atoms with E-state index in [1.54, 1.807) is 12.1 Å². The Labute approximate surface area is 122 Å². The summed E-state index contributed by atoms with van der Waals surface area (Å²) in [7, 11) is 0. The van der Waals surface area contributed by atoms with Crippen LogP contribution in [-0.4, -0.2) is 27.1 Å². The predicted molar refractivity (Wildman–Crippen MR) is 75.0 cm³/mol. The Kier molecular flexibility index (Phi) is 3.99. The van der Waals surface area contributed by atoms with Crippen molar-refractivity contribution in [3.05, 3.63) is 52.3 Å². The van der Waals surface area contributed by atoms with Gasteiger partial charge in [0.2, 0.25) is 0 Å². The zero-order valence-electron chi connectivity index (χ0n) is 10.0. The molecule has 1 aromatic carbocycles. The van der Waals surface area contributed by atoms with Gasteiger partial charge in [-0.15, -0.1) is 0 Å². The molecule has 0 radical (unpaired) electrons. The van der Waals surface area contributed by atoms with Crippen LogP contribution in [0.15, 0.2) is 41.1 Å². The molecule has 0 aliphatic rings. The van der Waals surface area contributed by atoms with Crippen LogP contribution in [-0.2, 0) is 0 Å². The van der Waals surface area contributed by atoms with Crippen molar-refractivity contribution in [3.63, 3.8) is 0 Å². The average Bonchev–Trinajstić information content (AvgIpc) is 2.41. The number of carboxylic acid groups (broad SMARTS) is 1. The number of halogens is 1. The van der Waals surface area contributed by atoms with E-state index >= 15 is 0 Å². The third-order valence-electron chi connectivity index (χ3n) is 2.47. The van der Waals surface area contributed by atoms with Gasteiger partial charge in [-0.1, -0.05) is 0 Å². The number of carbonyl (C=O) groups excluding carboxylic acids is 1. The quantitative estimate of drug-likeness (QED) is 0.590. The van der Waals surface area contributed by atoms with E-state index in [1.807, 2.05) is 0 Å². The molecule has 1 heterocycles. The van der Waals surface area contributed by atoms with Crippen LogP contribution in [0, 0.1) is 0 Å². The number of aromatic carboxylic acids is 1. The minimum absolute atomic E-state index is 0.271. The van der Waals surface area contributed by atoms with E-state index in [0.29, 0.717) is 10.2 Å². The fraction of sp³-hybridized carbons (Fsp3) is 0. The summed E-state index contributed by atoms with van der Waals surface area (Å²) in [5.41, 5.74) is 0.322. The number of amides is 1. The van der Waals surface area contributed by atoms with Gasteiger partial charge in [0.1, 0.15) is 15.9 Å². The molecule has 7 heteroatoms. The van der Waals surface area contributed by atoms with Gasteiger partial charge in [0.15, 0.2) is 0 Å². The molecular formula is C13H9BrN2O4. The smallest absolute Gasteiger partial charge is 0.339 e.